The van der Waals surface area contributed by atoms with Crippen molar-refractivity contribution in [1.29, 1.82) is 0 Å². The predicted molar refractivity (Wildman–Crippen MR) is 110 cm³/mol. The van der Waals surface area contributed by atoms with E-state index >= 15 is 0 Å². The fraction of sp³-hybridized carbons (Fsp3) is 0.364. The third kappa shape index (κ3) is 4.35. The van der Waals surface area contributed by atoms with Crippen molar-refractivity contribution in [3.8, 4) is 5.75 Å². The summed E-state index contributed by atoms with van der Waals surface area (Å²) >= 11 is 0. The molecule has 0 saturated heterocycles. The number of rotatable bonds is 7. The molecule has 3 N–H and O–H groups in total. The average molecular weight is 394 g/mol. The van der Waals surface area contributed by atoms with E-state index in [0.29, 0.717) is 24.1 Å². The van der Waals surface area contributed by atoms with Crippen molar-refractivity contribution >= 4 is 17.4 Å². The van der Waals surface area contributed by atoms with E-state index in [1.165, 1.54) is 19.3 Å². The first-order valence-electron chi connectivity index (χ1n) is 10.1. The topological polar surface area (TPSA) is 87.9 Å². The molecule has 1 saturated carbocycles. The normalized spacial score (nSPS) is 14.7. The monoisotopic (exact) mass is 394 g/mol. The van der Waals surface area contributed by atoms with Crippen LogP contribution in [0.1, 0.15) is 49.3 Å². The van der Waals surface area contributed by atoms with Crippen molar-refractivity contribution in [3.63, 3.8) is 0 Å². The molecular formula is C22H26N4O3. The van der Waals surface area contributed by atoms with E-state index in [1.807, 2.05) is 48.7 Å². The highest BCUT2D eigenvalue weighted by Crippen LogP contribution is 2.38. The molecule has 7 heteroatoms. The van der Waals surface area contributed by atoms with Crippen molar-refractivity contribution < 1.29 is 14.7 Å². The van der Waals surface area contributed by atoms with Gasteiger partial charge in [0.1, 0.15) is 12.4 Å². The Kier molecular flexibility index (Phi) is 5.95. The molecule has 2 heterocycles. The zero-order valence-electron chi connectivity index (χ0n) is 16.3. The minimum Gasteiger partial charge on any atom is -0.485 e. The summed E-state index contributed by atoms with van der Waals surface area (Å²) in [6.07, 6.45) is 7.85. The first-order chi connectivity index (χ1) is 14.3. The molecule has 0 spiro atoms. The van der Waals surface area contributed by atoms with E-state index in [4.69, 9.17) is 14.9 Å². The van der Waals surface area contributed by atoms with Gasteiger partial charge in [0.2, 0.25) is 0 Å². The van der Waals surface area contributed by atoms with Gasteiger partial charge in [0.05, 0.1) is 12.2 Å². The van der Waals surface area contributed by atoms with Crippen LogP contribution in [0, 0.1) is 0 Å². The van der Waals surface area contributed by atoms with Gasteiger partial charge < -0.3 is 10.1 Å². The Balaban J connectivity index is 1.67. The number of hydrogen-bond acceptors (Lipinski definition) is 5. The number of fused-ring (bicyclic) bond motifs is 1. The molecule has 0 atom stereocenters. The fourth-order valence-electron chi connectivity index (χ4n) is 4.01. The molecule has 7 nitrogen and oxygen atoms in total. The Morgan fingerprint density at radius 2 is 1.93 bits per heavy atom. The molecule has 1 aromatic carbocycles. The lowest BCUT2D eigenvalue weighted by Crippen LogP contribution is -2.27. The largest absolute Gasteiger partial charge is 0.485 e. The van der Waals surface area contributed by atoms with Crippen LogP contribution in [-0.4, -0.2) is 27.0 Å². The van der Waals surface area contributed by atoms with Crippen molar-refractivity contribution in [2.24, 2.45) is 0 Å². The molecule has 152 valence electrons. The summed E-state index contributed by atoms with van der Waals surface area (Å²) in [6, 6.07) is 13.9. The smallest absolute Gasteiger partial charge is 0.262 e. The molecule has 1 aliphatic rings. The Hall–Kier alpha value is -3.06. The number of amides is 1. The van der Waals surface area contributed by atoms with Crippen LogP contribution in [0.5, 0.6) is 5.75 Å². The van der Waals surface area contributed by atoms with Gasteiger partial charge in [0.15, 0.2) is 11.4 Å². The van der Waals surface area contributed by atoms with Crippen LogP contribution in [0.3, 0.4) is 0 Å². The zero-order valence-corrected chi connectivity index (χ0v) is 16.3. The lowest BCUT2D eigenvalue weighted by atomic mass is 9.87. The summed E-state index contributed by atoms with van der Waals surface area (Å²) < 4.78 is 8.16. The summed E-state index contributed by atoms with van der Waals surface area (Å²) in [5, 5.41) is 11.9. The maximum absolute atomic E-state index is 11.5. The van der Waals surface area contributed by atoms with Gasteiger partial charge in [0, 0.05) is 12.1 Å². The molecule has 0 aliphatic heterocycles. The van der Waals surface area contributed by atoms with E-state index in [1.54, 1.807) is 5.48 Å². The number of aromatic nitrogens is 2. The van der Waals surface area contributed by atoms with Gasteiger partial charge in [-0.25, -0.2) is 10.5 Å². The number of imidazole rings is 1. The fourth-order valence-corrected chi connectivity index (χ4v) is 4.01. The van der Waals surface area contributed by atoms with Gasteiger partial charge >= 0.3 is 0 Å². The van der Waals surface area contributed by atoms with Crippen LogP contribution >= 0.6 is 0 Å². The molecule has 0 unspecified atom stereocenters. The summed E-state index contributed by atoms with van der Waals surface area (Å²) in [5.41, 5.74) is 4.56. The molecule has 3 aromatic rings. The number of nitrogens with one attached hydrogen (secondary N) is 2. The Morgan fingerprint density at radius 1 is 1.14 bits per heavy atom. The summed E-state index contributed by atoms with van der Waals surface area (Å²) in [5.74, 6) is 1.25. The lowest BCUT2D eigenvalue weighted by molar-refractivity contribution is -0.127. The number of pyridine rings is 1. The third-order valence-corrected chi connectivity index (χ3v) is 5.42. The number of ether oxygens (including phenoxy) is 1. The lowest BCUT2D eigenvalue weighted by Gasteiger charge is -2.22. The minimum atomic E-state index is -0.503. The van der Waals surface area contributed by atoms with Crippen molar-refractivity contribution in [2.75, 3.05) is 11.9 Å². The number of carbonyl (C=O) groups is 1. The van der Waals surface area contributed by atoms with Crippen molar-refractivity contribution in [2.45, 2.75) is 44.6 Å². The van der Waals surface area contributed by atoms with E-state index in [9.17, 15) is 4.79 Å². The van der Waals surface area contributed by atoms with Gasteiger partial charge in [0.25, 0.3) is 5.91 Å². The SMILES string of the molecule is O=C(CNc1nc2c(OCc3ccccc3)cccn2c1C1CCCCC1)NO. The quantitative estimate of drug-likeness (QED) is 0.418. The second kappa shape index (κ2) is 8.96. The Morgan fingerprint density at radius 3 is 2.69 bits per heavy atom. The molecule has 4 rings (SSSR count). The third-order valence-electron chi connectivity index (χ3n) is 5.42. The number of anilines is 1. The van der Waals surface area contributed by atoms with E-state index in [0.717, 1.165) is 29.7 Å². The predicted octanol–water partition coefficient (Wildman–Crippen LogP) is 3.88. The molecular weight excluding hydrogens is 368 g/mol. The molecule has 0 radical (unpaired) electrons. The van der Waals surface area contributed by atoms with Crippen LogP contribution in [0.4, 0.5) is 5.82 Å². The van der Waals surface area contributed by atoms with Crippen LogP contribution in [-0.2, 0) is 11.4 Å². The van der Waals surface area contributed by atoms with E-state index < -0.39 is 5.91 Å². The molecule has 0 bridgehead atoms. The number of nitrogens with zero attached hydrogens (tertiary/aromatic N) is 2. The van der Waals surface area contributed by atoms with Gasteiger partial charge in [-0.3, -0.25) is 14.4 Å². The molecule has 29 heavy (non-hydrogen) atoms. The van der Waals surface area contributed by atoms with Gasteiger partial charge in [-0.1, -0.05) is 49.6 Å². The highest BCUT2D eigenvalue weighted by Gasteiger charge is 2.25. The summed E-state index contributed by atoms with van der Waals surface area (Å²) in [6.45, 7) is 0.419. The number of benzene rings is 1. The molecule has 2 aromatic heterocycles. The standard InChI is InChI=1S/C22H26N4O3/c27-19(25-28)14-23-21-20(17-10-5-2-6-11-17)26-13-7-12-18(22(26)24-21)29-15-16-8-3-1-4-9-16/h1,3-4,7-9,12-13,17,23,28H,2,5-6,10-11,14-15H2,(H,25,27). The summed E-state index contributed by atoms with van der Waals surface area (Å²) in [4.78, 5) is 16.3. The van der Waals surface area contributed by atoms with Gasteiger partial charge in [-0.05, 0) is 30.5 Å². The average Bonchev–Trinajstić information content (AvgIpc) is 3.16. The maximum Gasteiger partial charge on any atom is 0.262 e. The first-order valence-corrected chi connectivity index (χ1v) is 10.1. The Bertz CT molecular complexity index is 965. The second-order valence-corrected chi connectivity index (χ2v) is 7.41. The van der Waals surface area contributed by atoms with Crippen molar-refractivity contribution in [1.82, 2.24) is 14.9 Å². The van der Waals surface area contributed by atoms with Crippen LogP contribution < -0.4 is 15.5 Å². The van der Waals surface area contributed by atoms with Crippen LogP contribution in [0.15, 0.2) is 48.7 Å². The van der Waals surface area contributed by atoms with Crippen molar-refractivity contribution in [3.05, 3.63) is 59.9 Å². The number of hydroxylamine groups is 1. The van der Waals surface area contributed by atoms with E-state index in [2.05, 4.69) is 9.72 Å². The number of hydrogen-bond donors (Lipinski definition) is 3. The highest BCUT2D eigenvalue weighted by atomic mass is 16.5. The first kappa shape index (κ1) is 19.3. The summed E-state index contributed by atoms with van der Waals surface area (Å²) in [7, 11) is 0. The molecule has 1 amide bonds. The number of carbonyl (C=O) groups excluding carboxylic acids is 1. The van der Waals surface area contributed by atoms with Crippen LogP contribution in [0.2, 0.25) is 0 Å². The van der Waals surface area contributed by atoms with E-state index in [-0.39, 0.29) is 6.54 Å². The van der Waals surface area contributed by atoms with Gasteiger partial charge in [-0.2, -0.15) is 0 Å². The Labute approximate surface area is 169 Å². The zero-order chi connectivity index (χ0) is 20.1. The maximum atomic E-state index is 11.5. The minimum absolute atomic E-state index is 0.0414. The van der Waals surface area contributed by atoms with Gasteiger partial charge in [-0.15, -0.1) is 0 Å². The highest BCUT2D eigenvalue weighted by molar-refractivity contribution is 5.79. The molecule has 1 aliphatic carbocycles. The second-order valence-electron chi connectivity index (χ2n) is 7.41. The van der Waals surface area contributed by atoms with Crippen LogP contribution in [0.25, 0.3) is 5.65 Å². The molecule has 1 fully saturated rings.